The third kappa shape index (κ3) is 17.7. The van der Waals surface area contributed by atoms with Gasteiger partial charge in [0.25, 0.3) is 5.91 Å². The lowest BCUT2D eigenvalue weighted by molar-refractivity contribution is -0.137. The van der Waals surface area contributed by atoms with E-state index in [1.165, 1.54) is 70.6 Å². The van der Waals surface area contributed by atoms with E-state index in [4.69, 9.17) is 5.11 Å². The van der Waals surface area contributed by atoms with Crippen LogP contribution in [0.15, 0.2) is 60.7 Å². The average molecular weight is 498 g/mol. The minimum Gasteiger partial charge on any atom is -0.481 e. The number of benzene rings is 2. The first-order valence-corrected chi connectivity index (χ1v) is 13.8. The van der Waals surface area contributed by atoms with Crippen molar-refractivity contribution in [1.29, 1.82) is 0 Å². The number of carboxylic acid groups (broad SMARTS) is 1. The molecule has 36 heavy (non-hydrogen) atoms. The van der Waals surface area contributed by atoms with Crippen LogP contribution >= 0.6 is 0 Å². The Kier molecular flexibility index (Phi) is 18.8. The van der Waals surface area contributed by atoms with Crippen LogP contribution in [0.25, 0.3) is 0 Å². The molecule has 1 atom stereocenters. The van der Waals surface area contributed by atoms with Gasteiger partial charge in [-0.05, 0) is 37.1 Å². The number of amides is 1. The first-order valence-electron chi connectivity index (χ1n) is 13.8. The number of aliphatic carboxylic acids is 1. The molecule has 3 N–H and O–H groups in total. The summed E-state index contributed by atoms with van der Waals surface area (Å²) in [6, 6.07) is 18.6. The van der Waals surface area contributed by atoms with E-state index in [2.05, 4.69) is 12.2 Å². The standard InChI is InChI=1S/C18H36O3.C13H11NO/c1-2-3-4-5-6-7-8-9-10-11-12-13-14-17(19)15-16-18(20)21;15-13(11-7-3-1-4-8-11)14-12-9-5-2-6-10-12/h17,19H,2-16H2,1H3,(H,20,21);1-10H,(H,14,15). The van der Waals surface area contributed by atoms with E-state index in [0.717, 1.165) is 18.5 Å². The third-order valence-electron chi connectivity index (χ3n) is 6.15. The molecule has 0 saturated heterocycles. The van der Waals surface area contributed by atoms with Crippen molar-refractivity contribution >= 4 is 17.6 Å². The van der Waals surface area contributed by atoms with Gasteiger partial charge in [0.15, 0.2) is 0 Å². The van der Waals surface area contributed by atoms with Gasteiger partial charge in [-0.15, -0.1) is 0 Å². The number of carbonyl (C=O) groups excluding carboxylic acids is 1. The Morgan fingerprint density at radius 2 is 1.17 bits per heavy atom. The van der Waals surface area contributed by atoms with Crippen molar-refractivity contribution in [1.82, 2.24) is 0 Å². The minimum atomic E-state index is -0.816. The first kappa shape index (κ1) is 31.4. The van der Waals surface area contributed by atoms with Gasteiger partial charge in [-0.1, -0.05) is 120 Å². The Bertz CT molecular complexity index is 795. The molecule has 0 heterocycles. The van der Waals surface area contributed by atoms with E-state index in [9.17, 15) is 14.7 Å². The third-order valence-corrected chi connectivity index (χ3v) is 6.15. The van der Waals surface area contributed by atoms with E-state index >= 15 is 0 Å². The topological polar surface area (TPSA) is 86.6 Å². The van der Waals surface area contributed by atoms with Gasteiger partial charge in [-0.25, -0.2) is 0 Å². The predicted molar refractivity (Wildman–Crippen MR) is 149 cm³/mol. The summed E-state index contributed by atoms with van der Waals surface area (Å²) in [7, 11) is 0. The molecule has 0 spiro atoms. The van der Waals surface area contributed by atoms with E-state index < -0.39 is 12.1 Å². The van der Waals surface area contributed by atoms with Crippen LogP contribution in [0.1, 0.15) is 114 Å². The molecule has 0 saturated carbocycles. The molecular formula is C31H47NO4. The Hall–Kier alpha value is -2.66. The van der Waals surface area contributed by atoms with E-state index in [1.807, 2.05) is 48.5 Å². The van der Waals surface area contributed by atoms with Gasteiger partial charge in [-0.3, -0.25) is 9.59 Å². The number of nitrogens with one attached hydrogen (secondary N) is 1. The number of unbranched alkanes of at least 4 members (excludes halogenated alkanes) is 11. The molecule has 0 aliphatic carbocycles. The number of aliphatic hydroxyl groups excluding tert-OH is 1. The van der Waals surface area contributed by atoms with Gasteiger partial charge in [0, 0.05) is 17.7 Å². The fourth-order valence-corrected chi connectivity index (χ4v) is 3.97. The normalized spacial score (nSPS) is 11.3. The number of anilines is 1. The van der Waals surface area contributed by atoms with Crippen LogP contribution < -0.4 is 5.32 Å². The van der Waals surface area contributed by atoms with Crippen molar-refractivity contribution in [3.05, 3.63) is 66.2 Å². The van der Waals surface area contributed by atoms with Crippen LogP contribution in [-0.2, 0) is 4.79 Å². The maximum absolute atomic E-state index is 11.7. The Morgan fingerprint density at radius 3 is 1.67 bits per heavy atom. The van der Waals surface area contributed by atoms with Crippen molar-refractivity contribution in [3.63, 3.8) is 0 Å². The van der Waals surface area contributed by atoms with Crippen LogP contribution in [0.5, 0.6) is 0 Å². The lowest BCUT2D eigenvalue weighted by atomic mass is 10.0. The molecule has 1 amide bonds. The van der Waals surface area contributed by atoms with Crippen LogP contribution in [-0.4, -0.2) is 28.2 Å². The van der Waals surface area contributed by atoms with Crippen LogP contribution in [0.4, 0.5) is 5.69 Å². The van der Waals surface area contributed by atoms with Gasteiger partial charge >= 0.3 is 5.97 Å². The number of carboxylic acids is 1. The smallest absolute Gasteiger partial charge is 0.303 e. The fraction of sp³-hybridized carbons (Fsp3) is 0.548. The summed E-state index contributed by atoms with van der Waals surface area (Å²) in [6.07, 6.45) is 16.6. The van der Waals surface area contributed by atoms with Gasteiger partial charge in [0.1, 0.15) is 0 Å². The number of carbonyl (C=O) groups is 2. The Balaban J connectivity index is 0.000000377. The quantitative estimate of drug-likeness (QED) is 0.181. The van der Waals surface area contributed by atoms with Gasteiger partial charge in [0.2, 0.25) is 0 Å². The Morgan fingerprint density at radius 1 is 0.694 bits per heavy atom. The highest BCUT2D eigenvalue weighted by Crippen LogP contribution is 2.14. The molecular weight excluding hydrogens is 450 g/mol. The van der Waals surface area contributed by atoms with Gasteiger partial charge < -0.3 is 15.5 Å². The molecule has 0 radical (unpaired) electrons. The molecule has 2 rings (SSSR count). The number of hydrogen-bond donors (Lipinski definition) is 3. The molecule has 0 bridgehead atoms. The molecule has 0 aromatic heterocycles. The fourth-order valence-electron chi connectivity index (χ4n) is 3.97. The van der Waals surface area contributed by atoms with Crippen molar-refractivity contribution < 1.29 is 19.8 Å². The molecule has 0 aliphatic rings. The van der Waals surface area contributed by atoms with Crippen LogP contribution in [0.2, 0.25) is 0 Å². The largest absolute Gasteiger partial charge is 0.481 e. The summed E-state index contributed by atoms with van der Waals surface area (Å²) >= 11 is 0. The highest BCUT2D eigenvalue weighted by atomic mass is 16.4. The predicted octanol–water partition coefficient (Wildman–Crippen LogP) is 8.24. The van der Waals surface area contributed by atoms with Crippen LogP contribution in [0.3, 0.4) is 0 Å². The molecule has 2 aromatic rings. The average Bonchev–Trinajstić information content (AvgIpc) is 2.89. The summed E-state index contributed by atoms with van der Waals surface area (Å²) in [5.41, 5.74) is 1.48. The molecule has 0 aliphatic heterocycles. The number of hydrogen-bond acceptors (Lipinski definition) is 3. The van der Waals surface area contributed by atoms with Crippen molar-refractivity contribution in [2.45, 2.75) is 109 Å². The molecule has 0 fully saturated rings. The van der Waals surface area contributed by atoms with Crippen LogP contribution in [0, 0.1) is 0 Å². The number of aliphatic hydroxyl groups is 1. The van der Waals surface area contributed by atoms with E-state index in [-0.39, 0.29) is 12.3 Å². The zero-order chi connectivity index (χ0) is 26.3. The molecule has 5 heteroatoms. The van der Waals surface area contributed by atoms with Crippen molar-refractivity contribution in [3.8, 4) is 0 Å². The lowest BCUT2D eigenvalue weighted by Gasteiger charge is -2.08. The second-order valence-electron chi connectivity index (χ2n) is 9.45. The molecule has 5 nitrogen and oxygen atoms in total. The summed E-state index contributed by atoms with van der Waals surface area (Å²) in [6.45, 7) is 2.26. The lowest BCUT2D eigenvalue weighted by Crippen LogP contribution is -2.11. The zero-order valence-corrected chi connectivity index (χ0v) is 22.2. The van der Waals surface area contributed by atoms with Crippen molar-refractivity contribution in [2.24, 2.45) is 0 Å². The zero-order valence-electron chi connectivity index (χ0n) is 22.2. The number of para-hydroxylation sites is 1. The summed E-state index contributed by atoms with van der Waals surface area (Å²) in [5, 5.41) is 20.9. The highest BCUT2D eigenvalue weighted by Gasteiger charge is 2.06. The van der Waals surface area contributed by atoms with E-state index in [0.29, 0.717) is 12.0 Å². The number of rotatable bonds is 18. The van der Waals surface area contributed by atoms with Gasteiger partial charge in [0.05, 0.1) is 6.10 Å². The summed E-state index contributed by atoms with van der Waals surface area (Å²) < 4.78 is 0. The minimum absolute atomic E-state index is 0.0817. The highest BCUT2D eigenvalue weighted by molar-refractivity contribution is 6.04. The summed E-state index contributed by atoms with van der Waals surface area (Å²) in [4.78, 5) is 22.1. The van der Waals surface area contributed by atoms with E-state index in [1.54, 1.807) is 12.1 Å². The SMILES string of the molecule is CCCCCCCCCCCCCCC(O)CCC(=O)O.O=C(Nc1ccccc1)c1ccccc1. The summed E-state index contributed by atoms with van der Waals surface area (Å²) in [5.74, 6) is -0.898. The second-order valence-corrected chi connectivity index (χ2v) is 9.45. The second kappa shape index (κ2) is 21.6. The molecule has 1 unspecified atom stereocenters. The molecule has 200 valence electrons. The molecule has 2 aromatic carbocycles. The maximum atomic E-state index is 11.7. The van der Waals surface area contributed by atoms with Crippen molar-refractivity contribution in [2.75, 3.05) is 5.32 Å². The Labute approximate surface area is 218 Å². The monoisotopic (exact) mass is 497 g/mol. The maximum Gasteiger partial charge on any atom is 0.303 e. The first-order chi connectivity index (χ1) is 17.5. The van der Waals surface area contributed by atoms with Gasteiger partial charge in [-0.2, -0.15) is 0 Å².